The van der Waals surface area contributed by atoms with Gasteiger partial charge in [-0.1, -0.05) is 0 Å². The first-order valence-corrected chi connectivity index (χ1v) is 3.37. The Balaban J connectivity index is 3.23. The van der Waals surface area contributed by atoms with E-state index in [2.05, 4.69) is 4.98 Å². The van der Waals surface area contributed by atoms with Crippen LogP contribution in [0.5, 0.6) is 5.88 Å². The smallest absolute Gasteiger partial charge is 0.354 e. The molecule has 13 heavy (non-hydrogen) atoms. The van der Waals surface area contributed by atoms with Crippen molar-refractivity contribution in [1.82, 2.24) is 4.98 Å². The van der Waals surface area contributed by atoms with Gasteiger partial charge in [-0.05, 0) is 12.1 Å². The number of carboxylic acid groups (broad SMARTS) is 1. The van der Waals surface area contributed by atoms with Gasteiger partial charge in [0.15, 0.2) is 5.69 Å². The molecule has 0 unspecified atom stereocenters. The van der Waals surface area contributed by atoms with E-state index in [4.69, 9.17) is 15.1 Å². The van der Waals surface area contributed by atoms with Gasteiger partial charge < -0.3 is 9.84 Å². The van der Waals surface area contributed by atoms with Crippen LogP contribution in [-0.4, -0.2) is 23.2 Å². The summed E-state index contributed by atoms with van der Waals surface area (Å²) in [5.41, 5.74) is 0.0725. The van der Waals surface area contributed by atoms with Crippen LogP contribution in [0.25, 0.3) is 0 Å². The number of pyridine rings is 1. The van der Waals surface area contributed by atoms with Gasteiger partial charge in [0.05, 0.1) is 7.11 Å². The molecule has 0 aliphatic rings. The van der Waals surface area contributed by atoms with E-state index in [0.717, 1.165) is 0 Å². The minimum Gasteiger partial charge on any atom is -0.480 e. The summed E-state index contributed by atoms with van der Waals surface area (Å²) in [6, 6.07) is 4.44. The fourth-order valence-corrected chi connectivity index (χ4v) is 0.800. The number of carboxylic acids is 1. The zero-order valence-corrected chi connectivity index (χ0v) is 6.81. The maximum absolute atomic E-state index is 10.5. The second-order valence-corrected chi connectivity index (χ2v) is 2.17. The van der Waals surface area contributed by atoms with Crippen molar-refractivity contribution >= 4 is 5.97 Å². The largest absolute Gasteiger partial charge is 0.480 e. The van der Waals surface area contributed by atoms with Crippen LogP contribution in [0.2, 0.25) is 0 Å². The summed E-state index contributed by atoms with van der Waals surface area (Å²) in [5.74, 6) is -1.12. The molecule has 0 radical (unpaired) electrons. The van der Waals surface area contributed by atoms with E-state index >= 15 is 0 Å². The van der Waals surface area contributed by atoms with Crippen LogP contribution in [0.1, 0.15) is 16.1 Å². The molecule has 0 saturated heterocycles. The minimum atomic E-state index is -1.15. The van der Waals surface area contributed by atoms with E-state index in [-0.39, 0.29) is 17.1 Å². The van der Waals surface area contributed by atoms with Gasteiger partial charge >= 0.3 is 5.97 Å². The number of hydrogen-bond donors (Lipinski definition) is 1. The molecule has 66 valence electrons. The summed E-state index contributed by atoms with van der Waals surface area (Å²) in [5, 5.41) is 17.1. The van der Waals surface area contributed by atoms with E-state index in [1.807, 2.05) is 6.07 Å². The minimum absolute atomic E-state index is 0.0300. The summed E-state index contributed by atoms with van der Waals surface area (Å²) in [4.78, 5) is 14.1. The lowest BCUT2D eigenvalue weighted by molar-refractivity contribution is 0.0689. The highest BCUT2D eigenvalue weighted by Gasteiger charge is 2.09. The van der Waals surface area contributed by atoms with E-state index in [9.17, 15) is 4.79 Å². The lowest BCUT2D eigenvalue weighted by Gasteiger charge is -2.01. The van der Waals surface area contributed by atoms with Gasteiger partial charge in [-0.2, -0.15) is 5.26 Å². The molecule has 0 aromatic carbocycles. The molecule has 0 spiro atoms. The zero-order chi connectivity index (χ0) is 9.84. The molecule has 0 saturated carbocycles. The number of nitrogens with zero attached hydrogens (tertiary/aromatic N) is 2. The second-order valence-electron chi connectivity index (χ2n) is 2.17. The van der Waals surface area contributed by atoms with E-state index in [1.165, 1.54) is 19.2 Å². The SMILES string of the molecule is COc1nc(C(=O)O)ccc1C#N. The number of carbonyl (C=O) groups is 1. The van der Waals surface area contributed by atoms with Gasteiger partial charge in [0, 0.05) is 0 Å². The average Bonchev–Trinajstić information content (AvgIpc) is 2.16. The Morgan fingerprint density at radius 2 is 2.38 bits per heavy atom. The fraction of sp³-hybridized carbons (Fsp3) is 0.125. The van der Waals surface area contributed by atoms with Crippen LogP contribution in [-0.2, 0) is 0 Å². The van der Waals surface area contributed by atoms with Crippen molar-refractivity contribution < 1.29 is 14.6 Å². The Hall–Kier alpha value is -2.09. The van der Waals surface area contributed by atoms with Crippen molar-refractivity contribution in [3.63, 3.8) is 0 Å². The molecular weight excluding hydrogens is 172 g/mol. The highest BCUT2D eigenvalue weighted by molar-refractivity contribution is 5.85. The first kappa shape index (κ1) is 9.00. The Morgan fingerprint density at radius 1 is 1.69 bits per heavy atom. The number of nitriles is 1. The monoisotopic (exact) mass is 178 g/mol. The van der Waals surface area contributed by atoms with Gasteiger partial charge in [-0.15, -0.1) is 0 Å². The van der Waals surface area contributed by atoms with Crippen molar-refractivity contribution in [2.24, 2.45) is 0 Å². The summed E-state index contributed by atoms with van der Waals surface area (Å²) in [7, 11) is 1.33. The maximum Gasteiger partial charge on any atom is 0.354 e. The molecule has 0 aliphatic carbocycles. The lowest BCUT2D eigenvalue weighted by Crippen LogP contribution is -2.02. The predicted octanol–water partition coefficient (Wildman–Crippen LogP) is 0.660. The second kappa shape index (κ2) is 3.54. The van der Waals surface area contributed by atoms with Crippen LogP contribution in [0.3, 0.4) is 0 Å². The number of rotatable bonds is 2. The van der Waals surface area contributed by atoms with Crippen LogP contribution >= 0.6 is 0 Å². The van der Waals surface area contributed by atoms with Crippen LogP contribution in [0.4, 0.5) is 0 Å². The van der Waals surface area contributed by atoms with Gasteiger partial charge in [-0.25, -0.2) is 9.78 Å². The molecular formula is C8H6N2O3. The standard InChI is InChI=1S/C8H6N2O3/c1-13-7-5(4-9)2-3-6(10-7)8(11)12/h2-3H,1H3,(H,11,12). The summed E-state index contributed by atoms with van der Waals surface area (Å²) < 4.78 is 4.73. The molecule has 0 amide bonds. The van der Waals surface area contributed by atoms with Crippen molar-refractivity contribution in [3.8, 4) is 11.9 Å². The Kier molecular flexibility index (Phi) is 2.45. The first-order chi connectivity index (χ1) is 6.19. The Labute approximate surface area is 74.2 Å². The molecule has 1 N–H and O–H groups in total. The van der Waals surface area contributed by atoms with Crippen LogP contribution in [0.15, 0.2) is 12.1 Å². The number of hydrogen-bond acceptors (Lipinski definition) is 4. The van der Waals surface area contributed by atoms with Gasteiger partial charge in [0.2, 0.25) is 5.88 Å². The van der Waals surface area contributed by atoms with Crippen molar-refractivity contribution in [3.05, 3.63) is 23.4 Å². The highest BCUT2D eigenvalue weighted by Crippen LogP contribution is 2.14. The lowest BCUT2D eigenvalue weighted by atomic mass is 10.2. The molecule has 1 heterocycles. The summed E-state index contributed by atoms with van der Waals surface area (Å²) in [6.45, 7) is 0. The van der Waals surface area contributed by atoms with Crippen LogP contribution < -0.4 is 4.74 Å². The van der Waals surface area contributed by atoms with E-state index in [1.54, 1.807) is 0 Å². The number of ether oxygens (including phenoxy) is 1. The molecule has 5 nitrogen and oxygen atoms in total. The molecule has 0 fully saturated rings. The molecule has 0 aliphatic heterocycles. The molecule has 1 rings (SSSR count). The third kappa shape index (κ3) is 1.73. The normalized spacial score (nSPS) is 8.92. The topological polar surface area (TPSA) is 83.2 Å². The third-order valence-corrected chi connectivity index (χ3v) is 1.39. The Morgan fingerprint density at radius 3 is 2.85 bits per heavy atom. The molecule has 1 aromatic heterocycles. The predicted molar refractivity (Wildman–Crippen MR) is 42.5 cm³/mol. The number of aromatic nitrogens is 1. The molecule has 0 bridgehead atoms. The molecule has 5 heteroatoms. The van der Waals surface area contributed by atoms with E-state index < -0.39 is 5.97 Å². The Bertz CT molecular complexity index is 381. The number of aromatic carboxylic acids is 1. The van der Waals surface area contributed by atoms with Crippen LogP contribution in [0, 0.1) is 11.3 Å². The van der Waals surface area contributed by atoms with Crippen molar-refractivity contribution in [2.75, 3.05) is 7.11 Å². The summed E-state index contributed by atoms with van der Waals surface area (Å²) >= 11 is 0. The first-order valence-electron chi connectivity index (χ1n) is 3.37. The third-order valence-electron chi connectivity index (χ3n) is 1.39. The summed E-state index contributed by atoms with van der Waals surface area (Å²) in [6.07, 6.45) is 0. The van der Waals surface area contributed by atoms with Crippen molar-refractivity contribution in [1.29, 1.82) is 5.26 Å². The fourth-order valence-electron chi connectivity index (χ4n) is 0.800. The average molecular weight is 178 g/mol. The van der Waals surface area contributed by atoms with Gasteiger partial charge in [0.1, 0.15) is 11.6 Å². The number of methoxy groups -OCH3 is 1. The molecule has 0 atom stereocenters. The van der Waals surface area contributed by atoms with Crippen molar-refractivity contribution in [2.45, 2.75) is 0 Å². The highest BCUT2D eigenvalue weighted by atomic mass is 16.5. The maximum atomic E-state index is 10.5. The quantitative estimate of drug-likeness (QED) is 0.719. The van der Waals surface area contributed by atoms with Gasteiger partial charge in [0.25, 0.3) is 0 Å². The zero-order valence-electron chi connectivity index (χ0n) is 6.81. The van der Waals surface area contributed by atoms with E-state index in [0.29, 0.717) is 0 Å². The van der Waals surface area contributed by atoms with Gasteiger partial charge in [-0.3, -0.25) is 0 Å². The molecule has 1 aromatic rings.